The third-order valence-corrected chi connectivity index (χ3v) is 11.8. The van der Waals surface area contributed by atoms with Crippen molar-refractivity contribution in [3.63, 3.8) is 0 Å². The second kappa shape index (κ2) is 12.1. The van der Waals surface area contributed by atoms with Gasteiger partial charge in [-0.25, -0.2) is 0 Å². The molecule has 0 fully saturated rings. The van der Waals surface area contributed by atoms with Gasteiger partial charge in [-0.2, -0.15) is 0 Å². The Kier molecular flexibility index (Phi) is 7.15. The van der Waals surface area contributed by atoms with Crippen molar-refractivity contribution in [1.82, 2.24) is 0 Å². The van der Waals surface area contributed by atoms with E-state index >= 15 is 0 Å². The minimum absolute atomic E-state index is 0.316. The molecule has 1 spiro atoms. The lowest BCUT2D eigenvalue weighted by Gasteiger charge is -2.31. The first-order chi connectivity index (χ1) is 25.6. The largest absolute Gasteiger partial charge is 0.0725 e. The fourth-order valence-electron chi connectivity index (χ4n) is 9.41. The summed E-state index contributed by atoms with van der Waals surface area (Å²) >= 11 is 0. The lowest BCUT2D eigenvalue weighted by Crippen LogP contribution is -2.26. The number of rotatable bonds is 6. The highest BCUT2D eigenvalue weighted by Gasteiger charge is 2.51. The normalized spacial score (nSPS) is 13.8. The molecule has 0 saturated heterocycles. The predicted molar refractivity (Wildman–Crippen MR) is 218 cm³/mol. The molecule has 10 rings (SSSR count). The highest BCUT2D eigenvalue weighted by molar-refractivity contribution is 5.95. The van der Waals surface area contributed by atoms with Crippen molar-refractivity contribution in [2.75, 3.05) is 0 Å². The van der Waals surface area contributed by atoms with Gasteiger partial charge in [0.05, 0.1) is 5.41 Å². The third-order valence-electron chi connectivity index (χ3n) is 11.8. The van der Waals surface area contributed by atoms with Gasteiger partial charge >= 0.3 is 0 Å². The Bertz CT molecular complexity index is 2590. The van der Waals surface area contributed by atoms with E-state index in [1.54, 1.807) is 0 Å². The Labute approximate surface area is 307 Å². The molecule has 0 N–H and O–H groups in total. The van der Waals surface area contributed by atoms with Crippen LogP contribution in [0.25, 0.3) is 44.2 Å². The van der Waals surface area contributed by atoms with E-state index in [0.717, 1.165) is 12.8 Å². The van der Waals surface area contributed by atoms with Gasteiger partial charge in [-0.15, -0.1) is 0 Å². The summed E-state index contributed by atoms with van der Waals surface area (Å²) in [7, 11) is 0. The molecular weight excluding hydrogens is 625 g/mol. The van der Waals surface area contributed by atoms with Gasteiger partial charge in [0.25, 0.3) is 0 Å². The fourth-order valence-corrected chi connectivity index (χ4v) is 9.41. The van der Waals surface area contributed by atoms with Crippen LogP contribution in [0.4, 0.5) is 0 Å². The summed E-state index contributed by atoms with van der Waals surface area (Å²) < 4.78 is 0. The van der Waals surface area contributed by atoms with Crippen LogP contribution in [0.15, 0.2) is 176 Å². The van der Waals surface area contributed by atoms with E-state index < -0.39 is 0 Å². The second-order valence-corrected chi connectivity index (χ2v) is 15.0. The molecule has 0 aromatic heterocycles. The van der Waals surface area contributed by atoms with Gasteiger partial charge < -0.3 is 0 Å². The molecule has 0 amide bonds. The predicted octanol–water partition coefficient (Wildman–Crippen LogP) is 13.0. The zero-order valence-corrected chi connectivity index (χ0v) is 29.7. The molecular formula is C52H40. The molecule has 0 radical (unpaired) electrons. The average Bonchev–Trinajstić information content (AvgIpc) is 3.64. The van der Waals surface area contributed by atoms with Crippen LogP contribution in [0.2, 0.25) is 0 Å². The number of benzene rings is 8. The first-order valence-electron chi connectivity index (χ1n) is 18.7. The maximum atomic E-state index is 2.57. The summed E-state index contributed by atoms with van der Waals surface area (Å²) in [5.74, 6) is 0.316. The molecule has 0 nitrogen and oxygen atoms in total. The first kappa shape index (κ1) is 30.8. The molecule has 0 heteroatoms. The quantitative estimate of drug-likeness (QED) is 0.166. The molecule has 1 unspecified atom stereocenters. The number of fused-ring (bicyclic) bond motifs is 11. The zero-order chi connectivity index (χ0) is 34.8. The molecule has 0 bridgehead atoms. The second-order valence-electron chi connectivity index (χ2n) is 15.0. The van der Waals surface area contributed by atoms with Crippen LogP contribution in [0.5, 0.6) is 0 Å². The fraction of sp³-hybridized carbons (Fsp3) is 0.115. The SMILES string of the molecule is Cc1ccc2c(c1)C1(c3ccccc3-c3ccc(CC(Cc4ccc5ccccc5c4)c4ccc(-c5ccccc5)cc4)cc31)c1cc(C)ccc1-2. The molecule has 8 aromatic rings. The summed E-state index contributed by atoms with van der Waals surface area (Å²) in [5.41, 5.74) is 20.0. The van der Waals surface area contributed by atoms with Crippen molar-refractivity contribution >= 4 is 10.8 Å². The van der Waals surface area contributed by atoms with Crippen LogP contribution < -0.4 is 0 Å². The van der Waals surface area contributed by atoms with Gasteiger partial charge in [0.1, 0.15) is 0 Å². The van der Waals surface area contributed by atoms with E-state index in [1.165, 1.54) is 94.2 Å². The highest BCUT2D eigenvalue weighted by atomic mass is 14.5. The maximum absolute atomic E-state index is 2.57. The minimum Gasteiger partial charge on any atom is -0.0622 e. The van der Waals surface area contributed by atoms with Crippen molar-refractivity contribution < 1.29 is 0 Å². The topological polar surface area (TPSA) is 0 Å². The van der Waals surface area contributed by atoms with Gasteiger partial charge in [0.15, 0.2) is 0 Å². The molecule has 2 aliphatic carbocycles. The van der Waals surface area contributed by atoms with Gasteiger partial charge in [-0.1, -0.05) is 187 Å². The Morgan fingerprint density at radius 3 is 1.62 bits per heavy atom. The van der Waals surface area contributed by atoms with Crippen LogP contribution >= 0.6 is 0 Å². The lowest BCUT2D eigenvalue weighted by atomic mass is 9.69. The van der Waals surface area contributed by atoms with E-state index in [0.29, 0.717) is 5.92 Å². The molecule has 248 valence electrons. The van der Waals surface area contributed by atoms with E-state index in [9.17, 15) is 0 Å². The van der Waals surface area contributed by atoms with E-state index in [1.807, 2.05) is 0 Å². The van der Waals surface area contributed by atoms with Crippen molar-refractivity contribution in [3.05, 3.63) is 226 Å². The van der Waals surface area contributed by atoms with Crippen molar-refractivity contribution in [3.8, 4) is 33.4 Å². The number of hydrogen-bond donors (Lipinski definition) is 0. The average molecular weight is 665 g/mol. The summed E-state index contributed by atoms with van der Waals surface area (Å²) in [4.78, 5) is 0. The maximum Gasteiger partial charge on any atom is 0.0725 e. The summed E-state index contributed by atoms with van der Waals surface area (Å²) in [6.07, 6.45) is 1.93. The molecule has 52 heavy (non-hydrogen) atoms. The molecule has 2 aliphatic rings. The van der Waals surface area contributed by atoms with Crippen LogP contribution in [0.3, 0.4) is 0 Å². The zero-order valence-electron chi connectivity index (χ0n) is 29.7. The molecule has 0 saturated carbocycles. The van der Waals surface area contributed by atoms with Crippen molar-refractivity contribution in [2.45, 2.75) is 38.0 Å². The van der Waals surface area contributed by atoms with Crippen molar-refractivity contribution in [1.29, 1.82) is 0 Å². The standard InChI is InChI=1S/C52H40/c1-34-16-25-45-46-26-17-35(2)29-50(46)52(49(45)28-34)48-15-9-8-14-44(48)47-27-19-37(33-51(47)52)32-43(31-36-18-20-39-12-6-7-13-42(39)30-36)41-23-21-40(22-24-41)38-10-4-3-5-11-38/h3-30,33,43H,31-32H2,1-2H3. The van der Waals surface area contributed by atoms with Gasteiger partial charge in [-0.3, -0.25) is 0 Å². The smallest absolute Gasteiger partial charge is 0.0622 e. The van der Waals surface area contributed by atoms with Crippen molar-refractivity contribution in [2.24, 2.45) is 0 Å². The number of hydrogen-bond acceptors (Lipinski definition) is 0. The van der Waals surface area contributed by atoms with Crippen LogP contribution in [0, 0.1) is 13.8 Å². The molecule has 0 heterocycles. The summed E-state index contributed by atoms with van der Waals surface area (Å²) in [6.45, 7) is 4.47. The summed E-state index contributed by atoms with van der Waals surface area (Å²) in [6, 6.07) is 66.6. The van der Waals surface area contributed by atoms with Crippen LogP contribution in [0.1, 0.15) is 56.0 Å². The van der Waals surface area contributed by atoms with Gasteiger partial charge in [0, 0.05) is 0 Å². The van der Waals surface area contributed by atoms with E-state index in [2.05, 4.69) is 190 Å². The minimum atomic E-state index is -0.337. The Hall–Kier alpha value is -5.98. The Balaban J connectivity index is 1.12. The van der Waals surface area contributed by atoms with Crippen LogP contribution in [-0.2, 0) is 18.3 Å². The lowest BCUT2D eigenvalue weighted by molar-refractivity contribution is 0.678. The Morgan fingerprint density at radius 2 is 0.904 bits per heavy atom. The van der Waals surface area contributed by atoms with Crippen LogP contribution in [-0.4, -0.2) is 0 Å². The Morgan fingerprint density at radius 1 is 0.385 bits per heavy atom. The molecule has 0 aliphatic heterocycles. The third kappa shape index (κ3) is 4.82. The van der Waals surface area contributed by atoms with Gasteiger partial charge in [-0.05, 0) is 116 Å². The molecule has 8 aromatic carbocycles. The monoisotopic (exact) mass is 664 g/mol. The highest BCUT2D eigenvalue weighted by Crippen LogP contribution is 2.63. The molecule has 1 atom stereocenters. The first-order valence-corrected chi connectivity index (χ1v) is 18.7. The number of aryl methyl sites for hydroxylation is 2. The van der Waals surface area contributed by atoms with Gasteiger partial charge in [0.2, 0.25) is 0 Å². The van der Waals surface area contributed by atoms with E-state index in [4.69, 9.17) is 0 Å². The van der Waals surface area contributed by atoms with E-state index in [-0.39, 0.29) is 5.41 Å². The summed E-state index contributed by atoms with van der Waals surface area (Å²) in [5, 5.41) is 2.60.